The molecule has 0 aliphatic rings. The summed E-state index contributed by atoms with van der Waals surface area (Å²) < 4.78 is 0. The van der Waals surface area contributed by atoms with Crippen molar-refractivity contribution in [3.63, 3.8) is 0 Å². The Balaban J connectivity index is 1.85. The van der Waals surface area contributed by atoms with Gasteiger partial charge in [-0.2, -0.15) is 0 Å². The maximum absolute atomic E-state index is 5.98. The zero-order chi connectivity index (χ0) is 11.9. The summed E-state index contributed by atoms with van der Waals surface area (Å²) in [5.74, 6) is 0.611. The van der Waals surface area contributed by atoms with Crippen molar-refractivity contribution in [3.05, 3.63) is 52.5 Å². The van der Waals surface area contributed by atoms with Gasteiger partial charge in [0.25, 0.3) is 0 Å². The maximum atomic E-state index is 5.98. The minimum absolute atomic E-state index is 0.294. The Labute approximate surface area is 111 Å². The van der Waals surface area contributed by atoms with Gasteiger partial charge in [0.15, 0.2) is 0 Å². The molecule has 1 N–H and O–H groups in total. The Morgan fingerprint density at radius 2 is 2.12 bits per heavy atom. The summed E-state index contributed by atoms with van der Waals surface area (Å²) in [5.41, 5.74) is 1.31. The van der Waals surface area contributed by atoms with E-state index >= 15 is 0 Å². The first kappa shape index (κ1) is 12.6. The molecule has 0 saturated heterocycles. The second kappa shape index (κ2) is 6.74. The average Bonchev–Trinajstić information content (AvgIpc) is 2.89. The summed E-state index contributed by atoms with van der Waals surface area (Å²) in [6.07, 6.45) is 2.78. The Morgan fingerprint density at radius 3 is 2.76 bits per heavy atom. The van der Waals surface area contributed by atoms with Crippen molar-refractivity contribution in [3.8, 4) is 0 Å². The lowest BCUT2D eigenvalue weighted by atomic mass is 10.1. The van der Waals surface area contributed by atoms with E-state index in [0.29, 0.717) is 11.9 Å². The number of rotatable bonds is 6. The molecule has 2 aromatic rings. The summed E-state index contributed by atoms with van der Waals surface area (Å²) in [6.45, 7) is 0.794. The number of hydrogen-bond donors (Lipinski definition) is 1. The predicted octanol–water partition coefficient (Wildman–Crippen LogP) is 3.08. The number of halogens is 1. The lowest BCUT2D eigenvalue weighted by molar-refractivity contribution is 0.549. The number of alkyl halides is 1. The number of thiazole rings is 1. The van der Waals surface area contributed by atoms with E-state index in [-0.39, 0.29) is 0 Å². The van der Waals surface area contributed by atoms with Crippen LogP contribution in [0.4, 0.5) is 0 Å². The van der Waals surface area contributed by atoms with E-state index < -0.39 is 0 Å². The Hall–Kier alpha value is -0.900. The standard InChI is InChI=1S/C13H15ClN2S/c14-9-12(8-11-4-2-1-3-5-11)16-10-13-15-6-7-17-13/h1-7,12,16H,8-10H2. The van der Waals surface area contributed by atoms with Gasteiger partial charge in [0.05, 0.1) is 0 Å². The van der Waals surface area contributed by atoms with Crippen LogP contribution < -0.4 is 5.32 Å². The fourth-order valence-electron chi connectivity index (χ4n) is 1.65. The highest BCUT2D eigenvalue weighted by atomic mass is 35.5. The molecular formula is C13H15ClN2S. The fraction of sp³-hybridized carbons (Fsp3) is 0.308. The third-order valence-corrected chi connectivity index (χ3v) is 3.69. The highest BCUT2D eigenvalue weighted by Gasteiger charge is 2.08. The minimum Gasteiger partial charge on any atom is -0.306 e. The molecule has 0 amide bonds. The summed E-state index contributed by atoms with van der Waals surface area (Å²) in [4.78, 5) is 4.24. The minimum atomic E-state index is 0.294. The number of nitrogens with zero attached hydrogens (tertiary/aromatic N) is 1. The lowest BCUT2D eigenvalue weighted by Crippen LogP contribution is -2.32. The molecule has 0 aliphatic heterocycles. The second-order valence-electron chi connectivity index (χ2n) is 3.85. The van der Waals surface area contributed by atoms with Gasteiger partial charge in [-0.25, -0.2) is 4.98 Å². The van der Waals surface area contributed by atoms with Crippen LogP contribution in [0.2, 0.25) is 0 Å². The van der Waals surface area contributed by atoms with Crippen LogP contribution in [-0.4, -0.2) is 16.9 Å². The predicted molar refractivity (Wildman–Crippen MR) is 73.6 cm³/mol. The molecule has 17 heavy (non-hydrogen) atoms. The van der Waals surface area contributed by atoms with Gasteiger partial charge in [-0.3, -0.25) is 0 Å². The Morgan fingerprint density at radius 1 is 1.29 bits per heavy atom. The van der Waals surface area contributed by atoms with E-state index in [1.807, 2.05) is 17.6 Å². The quantitative estimate of drug-likeness (QED) is 0.813. The monoisotopic (exact) mass is 266 g/mol. The van der Waals surface area contributed by atoms with Gasteiger partial charge in [0.2, 0.25) is 0 Å². The Bertz CT molecular complexity index is 416. The SMILES string of the molecule is ClCC(Cc1ccccc1)NCc1nccs1. The number of aromatic nitrogens is 1. The zero-order valence-electron chi connectivity index (χ0n) is 9.47. The number of hydrogen-bond acceptors (Lipinski definition) is 3. The summed E-state index contributed by atoms with van der Waals surface area (Å²) in [5, 5.41) is 6.53. The molecule has 2 rings (SSSR count). The van der Waals surface area contributed by atoms with Crippen molar-refractivity contribution < 1.29 is 0 Å². The van der Waals surface area contributed by atoms with Crippen LogP contribution in [0.1, 0.15) is 10.6 Å². The van der Waals surface area contributed by atoms with Crippen molar-refractivity contribution >= 4 is 22.9 Å². The van der Waals surface area contributed by atoms with E-state index in [0.717, 1.165) is 18.0 Å². The van der Waals surface area contributed by atoms with Gasteiger partial charge in [-0.1, -0.05) is 30.3 Å². The number of nitrogens with one attached hydrogen (secondary N) is 1. The van der Waals surface area contributed by atoms with E-state index in [1.165, 1.54) is 5.56 Å². The van der Waals surface area contributed by atoms with E-state index in [2.05, 4.69) is 34.6 Å². The van der Waals surface area contributed by atoms with Gasteiger partial charge in [0, 0.05) is 30.0 Å². The van der Waals surface area contributed by atoms with Gasteiger partial charge in [0.1, 0.15) is 5.01 Å². The molecule has 4 heteroatoms. The van der Waals surface area contributed by atoms with E-state index in [4.69, 9.17) is 11.6 Å². The molecule has 0 radical (unpaired) electrons. The second-order valence-corrected chi connectivity index (χ2v) is 5.14. The molecule has 0 bridgehead atoms. The van der Waals surface area contributed by atoms with Crippen molar-refractivity contribution in [1.82, 2.24) is 10.3 Å². The highest BCUT2D eigenvalue weighted by molar-refractivity contribution is 7.09. The van der Waals surface area contributed by atoms with Gasteiger partial charge >= 0.3 is 0 Å². The van der Waals surface area contributed by atoms with E-state index in [1.54, 1.807) is 11.3 Å². The normalized spacial score (nSPS) is 12.5. The first-order valence-electron chi connectivity index (χ1n) is 5.60. The van der Waals surface area contributed by atoms with Crippen LogP contribution in [-0.2, 0) is 13.0 Å². The van der Waals surface area contributed by atoms with Gasteiger partial charge in [-0.05, 0) is 12.0 Å². The molecule has 1 atom stereocenters. The van der Waals surface area contributed by atoms with Crippen LogP contribution in [0, 0.1) is 0 Å². The smallest absolute Gasteiger partial charge is 0.106 e. The zero-order valence-corrected chi connectivity index (χ0v) is 11.0. The summed E-state index contributed by atoms with van der Waals surface area (Å²) in [6, 6.07) is 10.7. The van der Waals surface area contributed by atoms with Gasteiger partial charge in [-0.15, -0.1) is 22.9 Å². The molecule has 90 valence electrons. The molecule has 0 spiro atoms. The lowest BCUT2D eigenvalue weighted by Gasteiger charge is -2.15. The molecule has 1 aromatic carbocycles. The van der Waals surface area contributed by atoms with Crippen molar-refractivity contribution in [1.29, 1.82) is 0 Å². The van der Waals surface area contributed by atoms with Crippen LogP contribution in [0.15, 0.2) is 41.9 Å². The third-order valence-electron chi connectivity index (χ3n) is 2.54. The van der Waals surface area contributed by atoms with Crippen LogP contribution in [0.25, 0.3) is 0 Å². The van der Waals surface area contributed by atoms with Crippen molar-refractivity contribution in [2.75, 3.05) is 5.88 Å². The third kappa shape index (κ3) is 4.11. The molecule has 0 aliphatic carbocycles. The van der Waals surface area contributed by atoms with Crippen LogP contribution >= 0.6 is 22.9 Å². The van der Waals surface area contributed by atoms with E-state index in [9.17, 15) is 0 Å². The Kier molecular flexibility index (Phi) is 4.98. The first-order valence-corrected chi connectivity index (χ1v) is 7.01. The van der Waals surface area contributed by atoms with Crippen LogP contribution in [0.5, 0.6) is 0 Å². The molecule has 1 heterocycles. The molecular weight excluding hydrogens is 252 g/mol. The summed E-state index contributed by atoms with van der Waals surface area (Å²) in [7, 11) is 0. The van der Waals surface area contributed by atoms with Crippen molar-refractivity contribution in [2.45, 2.75) is 19.0 Å². The van der Waals surface area contributed by atoms with Crippen LogP contribution in [0.3, 0.4) is 0 Å². The van der Waals surface area contributed by atoms with Gasteiger partial charge < -0.3 is 5.32 Å². The maximum Gasteiger partial charge on any atom is 0.106 e. The molecule has 1 unspecified atom stereocenters. The molecule has 1 aromatic heterocycles. The van der Waals surface area contributed by atoms with Crippen molar-refractivity contribution in [2.24, 2.45) is 0 Å². The first-order chi connectivity index (χ1) is 8.38. The number of benzene rings is 1. The summed E-state index contributed by atoms with van der Waals surface area (Å²) >= 11 is 7.64. The molecule has 0 saturated carbocycles. The largest absolute Gasteiger partial charge is 0.306 e. The fourth-order valence-corrected chi connectivity index (χ4v) is 2.44. The topological polar surface area (TPSA) is 24.9 Å². The average molecular weight is 267 g/mol. The highest BCUT2D eigenvalue weighted by Crippen LogP contribution is 2.07. The molecule has 0 fully saturated rings. The molecule has 2 nitrogen and oxygen atoms in total.